The van der Waals surface area contributed by atoms with Crippen LogP contribution in [0.15, 0.2) is 24.3 Å². The third kappa shape index (κ3) is 3.42. The first-order valence-electron chi connectivity index (χ1n) is 9.77. The summed E-state index contributed by atoms with van der Waals surface area (Å²) >= 11 is 12.8. The van der Waals surface area contributed by atoms with Crippen molar-refractivity contribution < 1.29 is 9.53 Å². The Morgan fingerprint density at radius 2 is 1.93 bits per heavy atom. The highest BCUT2D eigenvalue weighted by Gasteiger charge is 2.39. The molecule has 1 atom stereocenters. The molecule has 2 bridgehead atoms. The molecule has 4 aliphatic rings. The van der Waals surface area contributed by atoms with E-state index in [0.717, 1.165) is 38.2 Å². The fraction of sp³-hybridized carbons (Fsp3) is 0.476. The minimum atomic E-state index is -0.612. The van der Waals surface area contributed by atoms with Crippen molar-refractivity contribution >= 4 is 41.5 Å². The first-order valence-corrected chi connectivity index (χ1v) is 10.5. The molecule has 2 aromatic rings. The molecule has 0 radical (unpaired) electrons. The number of benzene rings is 1. The standard InChI is InChI=1S/C21H23Cl2N3O2.ClH/c1-21(2)17-3-4-18(23)26(17)16-10-13(22)9-14(19(16)28-21)20(27)24-15-11-25-7-5-12(15)6-8-25;/h3-4,9-10,12,15H,5-8,11H2,1-2H3,(H,24,27);1H. The highest BCUT2D eigenvalue weighted by Crippen LogP contribution is 2.44. The number of ether oxygens (including phenoxy) is 1. The van der Waals surface area contributed by atoms with Crippen molar-refractivity contribution in [1.29, 1.82) is 0 Å². The van der Waals surface area contributed by atoms with Gasteiger partial charge in [0.05, 0.1) is 16.9 Å². The number of carbonyl (C=O) groups is 1. The van der Waals surface area contributed by atoms with Crippen molar-refractivity contribution in [3.63, 3.8) is 0 Å². The number of hydrogen-bond donors (Lipinski definition) is 1. The Hall–Kier alpha value is -1.40. The third-order valence-corrected chi connectivity index (χ3v) is 6.81. The SMILES string of the molecule is CC1(C)Oc2c(C(=O)NC3CN4CCC3CC4)cc(Cl)cc2-n2c(Cl)ccc21.Cl. The lowest BCUT2D eigenvalue weighted by Gasteiger charge is -2.45. The van der Waals surface area contributed by atoms with E-state index in [1.165, 1.54) is 0 Å². The highest BCUT2D eigenvalue weighted by atomic mass is 35.5. The Morgan fingerprint density at radius 3 is 2.59 bits per heavy atom. The van der Waals surface area contributed by atoms with E-state index >= 15 is 0 Å². The van der Waals surface area contributed by atoms with Gasteiger partial charge in [-0.05, 0) is 70.0 Å². The maximum absolute atomic E-state index is 13.2. The van der Waals surface area contributed by atoms with Gasteiger partial charge < -0.3 is 15.0 Å². The van der Waals surface area contributed by atoms with Gasteiger partial charge in [-0.1, -0.05) is 23.2 Å². The van der Waals surface area contributed by atoms with Crippen LogP contribution in [-0.2, 0) is 5.60 Å². The molecule has 1 aromatic carbocycles. The number of hydrogen-bond acceptors (Lipinski definition) is 3. The number of aromatic nitrogens is 1. The molecule has 4 aliphatic heterocycles. The zero-order chi connectivity index (χ0) is 19.6. The number of fused-ring (bicyclic) bond motifs is 6. The van der Waals surface area contributed by atoms with Crippen molar-refractivity contribution in [3.8, 4) is 11.4 Å². The van der Waals surface area contributed by atoms with Gasteiger partial charge in [-0.15, -0.1) is 12.4 Å². The summed E-state index contributed by atoms with van der Waals surface area (Å²) in [5.41, 5.74) is 1.48. The van der Waals surface area contributed by atoms with Gasteiger partial charge in [-0.2, -0.15) is 0 Å². The molecular weight excluding hydrogens is 433 g/mol. The number of rotatable bonds is 2. The second-order valence-electron chi connectivity index (χ2n) is 8.51. The topological polar surface area (TPSA) is 46.5 Å². The number of carbonyl (C=O) groups excluding carboxylic acids is 1. The normalized spacial score (nSPS) is 26.0. The van der Waals surface area contributed by atoms with Gasteiger partial charge in [-0.25, -0.2) is 0 Å². The predicted molar refractivity (Wildman–Crippen MR) is 117 cm³/mol. The molecular formula is C21H24Cl3N3O2. The van der Waals surface area contributed by atoms with Crippen molar-refractivity contribution in [2.24, 2.45) is 5.92 Å². The van der Waals surface area contributed by atoms with Crippen LogP contribution < -0.4 is 10.1 Å². The zero-order valence-electron chi connectivity index (χ0n) is 16.4. The van der Waals surface area contributed by atoms with E-state index in [0.29, 0.717) is 33.1 Å². The number of amides is 1. The molecule has 6 rings (SSSR count). The van der Waals surface area contributed by atoms with Gasteiger partial charge in [0.25, 0.3) is 5.91 Å². The molecule has 156 valence electrons. The van der Waals surface area contributed by atoms with Gasteiger partial charge in [0.2, 0.25) is 0 Å². The number of nitrogens with one attached hydrogen (secondary N) is 1. The van der Waals surface area contributed by atoms with E-state index in [9.17, 15) is 4.79 Å². The van der Waals surface area contributed by atoms with Crippen LogP contribution >= 0.6 is 35.6 Å². The predicted octanol–water partition coefficient (Wildman–Crippen LogP) is 4.66. The maximum Gasteiger partial charge on any atom is 0.255 e. The highest BCUT2D eigenvalue weighted by molar-refractivity contribution is 6.31. The quantitative estimate of drug-likeness (QED) is 0.715. The lowest BCUT2D eigenvalue weighted by Crippen LogP contribution is -2.57. The van der Waals surface area contributed by atoms with E-state index < -0.39 is 5.60 Å². The van der Waals surface area contributed by atoms with Crippen LogP contribution in [0.1, 0.15) is 42.7 Å². The molecule has 1 unspecified atom stereocenters. The molecule has 0 aliphatic carbocycles. The summed E-state index contributed by atoms with van der Waals surface area (Å²) in [7, 11) is 0. The van der Waals surface area contributed by atoms with Crippen LogP contribution in [0.5, 0.6) is 5.75 Å². The summed E-state index contributed by atoms with van der Waals surface area (Å²) in [6, 6.07) is 7.44. The van der Waals surface area contributed by atoms with Crippen LogP contribution in [0.3, 0.4) is 0 Å². The Balaban J connectivity index is 0.00000205. The maximum atomic E-state index is 13.2. The summed E-state index contributed by atoms with van der Waals surface area (Å²) in [6.45, 7) is 7.13. The van der Waals surface area contributed by atoms with Crippen LogP contribution in [-0.4, -0.2) is 41.1 Å². The average molecular weight is 457 g/mol. The summed E-state index contributed by atoms with van der Waals surface area (Å²) in [6.07, 6.45) is 2.29. The number of nitrogens with zero attached hydrogens (tertiary/aromatic N) is 2. The van der Waals surface area contributed by atoms with Gasteiger partial charge >= 0.3 is 0 Å². The second-order valence-corrected chi connectivity index (χ2v) is 9.33. The van der Waals surface area contributed by atoms with Crippen LogP contribution in [0.25, 0.3) is 5.69 Å². The molecule has 1 N–H and O–H groups in total. The molecule has 29 heavy (non-hydrogen) atoms. The first kappa shape index (κ1) is 20.9. The lowest BCUT2D eigenvalue weighted by molar-refractivity contribution is 0.0606. The summed E-state index contributed by atoms with van der Waals surface area (Å²) < 4.78 is 8.22. The molecule has 1 amide bonds. The molecule has 8 heteroatoms. The molecule has 5 nitrogen and oxygen atoms in total. The Bertz CT molecular complexity index is 964. The molecule has 0 spiro atoms. The van der Waals surface area contributed by atoms with Crippen molar-refractivity contribution in [2.75, 3.05) is 19.6 Å². The van der Waals surface area contributed by atoms with Crippen LogP contribution in [0, 0.1) is 5.92 Å². The van der Waals surface area contributed by atoms with Gasteiger partial charge in [0.15, 0.2) is 5.75 Å². The Labute approximate surface area is 186 Å². The number of piperidine rings is 3. The van der Waals surface area contributed by atoms with Gasteiger partial charge in [0, 0.05) is 17.6 Å². The van der Waals surface area contributed by atoms with E-state index in [2.05, 4.69) is 10.2 Å². The monoisotopic (exact) mass is 455 g/mol. The minimum Gasteiger partial charge on any atom is -0.479 e. The fourth-order valence-corrected chi connectivity index (χ4v) is 5.29. The summed E-state index contributed by atoms with van der Waals surface area (Å²) in [5.74, 6) is 0.936. The van der Waals surface area contributed by atoms with Crippen LogP contribution in [0.4, 0.5) is 0 Å². The van der Waals surface area contributed by atoms with Crippen LogP contribution in [0.2, 0.25) is 10.2 Å². The third-order valence-electron chi connectivity index (χ3n) is 6.30. The van der Waals surface area contributed by atoms with Crippen molar-refractivity contribution in [1.82, 2.24) is 14.8 Å². The number of halogens is 3. The second kappa shape index (κ2) is 7.38. The Kier molecular flexibility index (Phi) is 5.31. The zero-order valence-corrected chi connectivity index (χ0v) is 18.7. The van der Waals surface area contributed by atoms with E-state index in [1.807, 2.05) is 30.5 Å². The summed E-state index contributed by atoms with van der Waals surface area (Å²) in [4.78, 5) is 15.7. The van der Waals surface area contributed by atoms with E-state index in [4.69, 9.17) is 27.9 Å². The molecule has 3 saturated heterocycles. The van der Waals surface area contributed by atoms with Gasteiger partial charge in [0.1, 0.15) is 10.8 Å². The lowest BCUT2D eigenvalue weighted by atomic mass is 9.84. The molecule has 3 fully saturated rings. The Morgan fingerprint density at radius 1 is 1.21 bits per heavy atom. The first-order chi connectivity index (χ1) is 13.3. The largest absolute Gasteiger partial charge is 0.479 e. The summed E-state index contributed by atoms with van der Waals surface area (Å²) in [5, 5.41) is 4.29. The average Bonchev–Trinajstić information content (AvgIpc) is 3.06. The molecule has 0 saturated carbocycles. The van der Waals surface area contributed by atoms with Crippen molar-refractivity contribution in [3.05, 3.63) is 45.7 Å². The smallest absolute Gasteiger partial charge is 0.255 e. The van der Waals surface area contributed by atoms with E-state index in [1.54, 1.807) is 12.1 Å². The minimum absolute atomic E-state index is 0. The fourth-order valence-electron chi connectivity index (χ4n) is 4.83. The van der Waals surface area contributed by atoms with Gasteiger partial charge in [-0.3, -0.25) is 9.36 Å². The molecule has 1 aromatic heterocycles. The molecule has 5 heterocycles. The van der Waals surface area contributed by atoms with Crippen molar-refractivity contribution in [2.45, 2.75) is 38.3 Å². The van der Waals surface area contributed by atoms with E-state index in [-0.39, 0.29) is 24.4 Å².